The first-order valence-corrected chi connectivity index (χ1v) is 6.20. The third-order valence-electron chi connectivity index (χ3n) is 3.13. The van der Waals surface area contributed by atoms with Crippen LogP contribution in [0.5, 0.6) is 5.75 Å². The van der Waals surface area contributed by atoms with Gasteiger partial charge in [-0.25, -0.2) is 0 Å². The number of nitrogens with zero attached hydrogens (tertiary/aromatic N) is 2. The Labute approximate surface area is 120 Å². The van der Waals surface area contributed by atoms with Crippen LogP contribution in [0.4, 0.5) is 19.0 Å². The van der Waals surface area contributed by atoms with E-state index in [-0.39, 0.29) is 11.3 Å². The molecule has 0 aliphatic heterocycles. The largest absolute Gasteiger partial charge is 0.573 e. The van der Waals surface area contributed by atoms with Gasteiger partial charge < -0.3 is 10.1 Å². The fourth-order valence-corrected chi connectivity index (χ4v) is 1.97. The molecule has 1 aromatic heterocycles. The summed E-state index contributed by atoms with van der Waals surface area (Å²) in [5.41, 5.74) is 2.19. The molecule has 0 aliphatic rings. The number of hydrogen-bond donors (Lipinski definition) is 1. The van der Waals surface area contributed by atoms with Crippen molar-refractivity contribution in [3.63, 3.8) is 0 Å². The highest BCUT2D eigenvalue weighted by Gasteiger charge is 2.32. The number of anilines is 1. The highest BCUT2D eigenvalue weighted by Crippen LogP contribution is 2.35. The number of hydrogen-bond acceptors (Lipinski definition) is 4. The average Bonchev–Trinajstić information content (AvgIpc) is 2.41. The molecule has 0 radical (unpaired) electrons. The van der Waals surface area contributed by atoms with E-state index in [2.05, 4.69) is 20.3 Å². The van der Waals surface area contributed by atoms with Crippen molar-refractivity contribution in [3.05, 3.63) is 35.4 Å². The van der Waals surface area contributed by atoms with Gasteiger partial charge in [0.15, 0.2) is 5.82 Å². The van der Waals surface area contributed by atoms with Gasteiger partial charge in [-0.05, 0) is 37.1 Å². The standard InChI is InChI=1S/C14H14F3N3O/c1-8-9(2)13(18-3)20-19-12(8)10-6-4-5-7-11(10)21-14(15,16)17/h4-7H,1-3H3,(H,18,20). The fourth-order valence-electron chi connectivity index (χ4n) is 1.97. The molecule has 0 amide bonds. The van der Waals surface area contributed by atoms with Gasteiger partial charge >= 0.3 is 6.36 Å². The number of aromatic nitrogens is 2. The summed E-state index contributed by atoms with van der Waals surface area (Å²) < 4.78 is 41.5. The second kappa shape index (κ2) is 5.59. The number of halogens is 3. The lowest BCUT2D eigenvalue weighted by Crippen LogP contribution is -2.17. The molecule has 0 bridgehead atoms. The van der Waals surface area contributed by atoms with Gasteiger partial charge in [-0.15, -0.1) is 23.4 Å². The van der Waals surface area contributed by atoms with Crippen LogP contribution in [0.25, 0.3) is 11.3 Å². The molecule has 112 valence electrons. The molecule has 2 aromatic rings. The van der Waals surface area contributed by atoms with E-state index in [0.717, 1.165) is 11.1 Å². The Balaban J connectivity index is 2.55. The summed E-state index contributed by atoms with van der Waals surface area (Å²) in [7, 11) is 1.71. The van der Waals surface area contributed by atoms with Crippen molar-refractivity contribution in [2.75, 3.05) is 12.4 Å². The molecule has 4 nitrogen and oxygen atoms in total. The monoisotopic (exact) mass is 297 g/mol. The van der Waals surface area contributed by atoms with E-state index in [9.17, 15) is 13.2 Å². The van der Waals surface area contributed by atoms with Crippen molar-refractivity contribution in [2.45, 2.75) is 20.2 Å². The maximum atomic E-state index is 12.5. The lowest BCUT2D eigenvalue weighted by atomic mass is 10.0. The van der Waals surface area contributed by atoms with E-state index in [0.29, 0.717) is 11.5 Å². The topological polar surface area (TPSA) is 47.0 Å². The molecule has 0 fully saturated rings. The van der Waals surface area contributed by atoms with Gasteiger partial charge in [-0.3, -0.25) is 0 Å². The Kier molecular flexibility index (Phi) is 4.02. The van der Waals surface area contributed by atoms with Crippen LogP contribution in [0.1, 0.15) is 11.1 Å². The van der Waals surface area contributed by atoms with Gasteiger partial charge in [-0.1, -0.05) is 12.1 Å². The molecule has 1 heterocycles. The number of ether oxygens (including phenoxy) is 1. The van der Waals surface area contributed by atoms with Crippen molar-refractivity contribution in [1.29, 1.82) is 0 Å². The highest BCUT2D eigenvalue weighted by atomic mass is 19.4. The van der Waals surface area contributed by atoms with Crippen LogP contribution in [0.2, 0.25) is 0 Å². The van der Waals surface area contributed by atoms with Gasteiger partial charge in [0.25, 0.3) is 0 Å². The summed E-state index contributed by atoms with van der Waals surface area (Å²) in [4.78, 5) is 0. The number of nitrogens with one attached hydrogen (secondary N) is 1. The highest BCUT2D eigenvalue weighted by molar-refractivity contribution is 5.71. The smallest absolute Gasteiger partial charge is 0.405 e. The van der Waals surface area contributed by atoms with Crippen LogP contribution < -0.4 is 10.1 Å². The third-order valence-corrected chi connectivity index (χ3v) is 3.13. The molecule has 0 saturated carbocycles. The molecule has 2 rings (SSSR count). The molecule has 0 spiro atoms. The third kappa shape index (κ3) is 3.24. The molecule has 0 aliphatic carbocycles. The fraction of sp³-hybridized carbons (Fsp3) is 0.286. The maximum absolute atomic E-state index is 12.5. The van der Waals surface area contributed by atoms with Gasteiger partial charge in [0.2, 0.25) is 0 Å². The number of para-hydroxylation sites is 1. The average molecular weight is 297 g/mol. The summed E-state index contributed by atoms with van der Waals surface area (Å²) in [5, 5.41) is 10.9. The van der Waals surface area contributed by atoms with Crippen molar-refractivity contribution in [3.8, 4) is 17.0 Å². The molecule has 1 N–H and O–H groups in total. The number of rotatable bonds is 3. The van der Waals surface area contributed by atoms with E-state index in [1.807, 2.05) is 6.92 Å². The van der Waals surface area contributed by atoms with Crippen molar-refractivity contribution in [2.24, 2.45) is 0 Å². The molecule has 0 atom stereocenters. The first-order chi connectivity index (χ1) is 9.83. The van der Waals surface area contributed by atoms with E-state index >= 15 is 0 Å². The van der Waals surface area contributed by atoms with Gasteiger partial charge in [0, 0.05) is 12.6 Å². The van der Waals surface area contributed by atoms with Crippen LogP contribution in [-0.2, 0) is 0 Å². The Hall–Kier alpha value is -2.31. The van der Waals surface area contributed by atoms with Crippen LogP contribution >= 0.6 is 0 Å². The molecule has 0 unspecified atom stereocenters. The van der Waals surface area contributed by atoms with Gasteiger partial charge in [-0.2, -0.15) is 0 Å². The number of benzene rings is 1. The Bertz CT molecular complexity index is 656. The van der Waals surface area contributed by atoms with E-state index in [1.165, 1.54) is 18.2 Å². The summed E-state index contributed by atoms with van der Waals surface area (Å²) in [6.45, 7) is 3.61. The minimum Gasteiger partial charge on any atom is -0.405 e. The zero-order valence-corrected chi connectivity index (χ0v) is 11.7. The van der Waals surface area contributed by atoms with Crippen molar-refractivity contribution in [1.82, 2.24) is 10.2 Å². The minimum atomic E-state index is -4.75. The Morgan fingerprint density at radius 1 is 1.05 bits per heavy atom. The molecule has 0 saturated heterocycles. The van der Waals surface area contributed by atoms with Gasteiger partial charge in [0.05, 0.1) is 5.69 Å². The second-order valence-corrected chi connectivity index (χ2v) is 4.44. The van der Waals surface area contributed by atoms with Crippen LogP contribution in [0.3, 0.4) is 0 Å². The van der Waals surface area contributed by atoms with Crippen LogP contribution in [0.15, 0.2) is 24.3 Å². The second-order valence-electron chi connectivity index (χ2n) is 4.44. The summed E-state index contributed by atoms with van der Waals surface area (Å²) >= 11 is 0. The van der Waals surface area contributed by atoms with Crippen LogP contribution in [0, 0.1) is 13.8 Å². The summed E-state index contributed by atoms with van der Waals surface area (Å²) in [6.07, 6.45) is -4.75. The first-order valence-electron chi connectivity index (χ1n) is 6.20. The maximum Gasteiger partial charge on any atom is 0.573 e. The van der Waals surface area contributed by atoms with E-state index in [1.54, 1.807) is 20.0 Å². The molecule has 21 heavy (non-hydrogen) atoms. The predicted octanol–water partition coefficient (Wildman–Crippen LogP) is 3.70. The first kappa shape index (κ1) is 15.1. The van der Waals surface area contributed by atoms with E-state index in [4.69, 9.17) is 0 Å². The van der Waals surface area contributed by atoms with E-state index < -0.39 is 6.36 Å². The Morgan fingerprint density at radius 3 is 2.33 bits per heavy atom. The predicted molar refractivity (Wildman–Crippen MR) is 73.2 cm³/mol. The Morgan fingerprint density at radius 2 is 1.71 bits per heavy atom. The quantitative estimate of drug-likeness (QED) is 0.938. The lowest BCUT2D eigenvalue weighted by Gasteiger charge is -2.15. The normalized spacial score (nSPS) is 11.3. The molecular formula is C14H14F3N3O. The van der Waals surface area contributed by atoms with Crippen molar-refractivity contribution < 1.29 is 17.9 Å². The zero-order chi connectivity index (χ0) is 15.6. The SMILES string of the molecule is CNc1nnc(-c2ccccc2OC(F)(F)F)c(C)c1C. The zero-order valence-electron chi connectivity index (χ0n) is 11.7. The lowest BCUT2D eigenvalue weighted by molar-refractivity contribution is -0.274. The van der Waals surface area contributed by atoms with Gasteiger partial charge in [0.1, 0.15) is 5.75 Å². The summed E-state index contributed by atoms with van der Waals surface area (Å²) in [5.74, 6) is 0.296. The minimum absolute atomic E-state index is 0.255. The number of alkyl halides is 3. The van der Waals surface area contributed by atoms with Crippen LogP contribution in [-0.4, -0.2) is 23.6 Å². The molecule has 1 aromatic carbocycles. The van der Waals surface area contributed by atoms with Crippen molar-refractivity contribution >= 4 is 5.82 Å². The molecule has 7 heteroatoms. The summed E-state index contributed by atoms with van der Waals surface area (Å²) in [6, 6.07) is 5.88. The molecular weight excluding hydrogens is 283 g/mol.